The lowest BCUT2D eigenvalue weighted by Gasteiger charge is -2.28. The molecular weight excluding hydrogens is 574 g/mol. The van der Waals surface area contributed by atoms with E-state index in [9.17, 15) is 13.6 Å². The van der Waals surface area contributed by atoms with E-state index in [0.717, 1.165) is 55.5 Å². The predicted octanol–water partition coefficient (Wildman–Crippen LogP) is 5.51. The summed E-state index contributed by atoms with van der Waals surface area (Å²) < 4.78 is 31.7. The van der Waals surface area contributed by atoms with Gasteiger partial charge in [0.15, 0.2) is 0 Å². The van der Waals surface area contributed by atoms with Crippen LogP contribution in [-0.2, 0) is 11.2 Å². The highest BCUT2D eigenvalue weighted by atomic mass is 19.3. The number of anilines is 1. The van der Waals surface area contributed by atoms with E-state index in [-0.39, 0.29) is 12.6 Å². The summed E-state index contributed by atoms with van der Waals surface area (Å²) >= 11 is 0. The van der Waals surface area contributed by atoms with E-state index in [1.54, 1.807) is 4.90 Å². The number of benzene rings is 2. The molecule has 1 unspecified atom stereocenters. The second kappa shape index (κ2) is 20.9. The Kier molecular flexibility index (Phi) is 17.3. The minimum absolute atomic E-state index is 0.0567. The number of hydrogen-bond acceptors (Lipinski definition) is 6. The zero-order chi connectivity index (χ0) is 33.0. The number of likely N-dealkylation sites (tertiary alicyclic amines) is 2. The number of terminal acetylenes is 1. The van der Waals surface area contributed by atoms with Crippen LogP contribution in [0, 0.1) is 25.7 Å². The van der Waals surface area contributed by atoms with E-state index in [4.69, 9.17) is 4.74 Å². The molecule has 5 rings (SSSR count). The molecule has 1 aromatic heterocycles. The molecule has 2 saturated heterocycles. The minimum atomic E-state index is -2.28. The monoisotopic (exact) mass is 624 g/mol. The summed E-state index contributed by atoms with van der Waals surface area (Å²) in [6, 6.07) is 20.7. The third kappa shape index (κ3) is 12.9. The maximum Gasteiger partial charge on any atom is 0.251 e. The Balaban J connectivity index is 0.000000267. The van der Waals surface area contributed by atoms with Gasteiger partial charge in [-0.1, -0.05) is 55.5 Å². The summed E-state index contributed by atoms with van der Waals surface area (Å²) in [5.41, 5.74) is 3.51. The van der Waals surface area contributed by atoms with Gasteiger partial charge in [0.2, 0.25) is 12.3 Å². The molecule has 2 N–H and O–H groups in total. The molecule has 0 aliphatic carbocycles. The van der Waals surface area contributed by atoms with E-state index in [1.165, 1.54) is 18.4 Å². The van der Waals surface area contributed by atoms with Crippen molar-refractivity contribution in [1.82, 2.24) is 24.9 Å². The molecule has 8 nitrogen and oxygen atoms in total. The number of carbonyl (C=O) groups is 1. The summed E-state index contributed by atoms with van der Waals surface area (Å²) in [7, 11) is 4.10. The highest BCUT2D eigenvalue weighted by molar-refractivity contribution is 5.54. The van der Waals surface area contributed by atoms with Gasteiger partial charge in [-0.2, -0.15) is 0 Å². The maximum absolute atomic E-state index is 11.9. The van der Waals surface area contributed by atoms with Gasteiger partial charge in [0, 0.05) is 26.2 Å². The van der Waals surface area contributed by atoms with Gasteiger partial charge in [0.1, 0.15) is 5.82 Å². The number of nitrogens with zero attached hydrogens (tertiary/aromatic N) is 4. The summed E-state index contributed by atoms with van der Waals surface area (Å²) in [5.74, 6) is 2.34. The molecule has 1 amide bonds. The van der Waals surface area contributed by atoms with Crippen LogP contribution in [0.3, 0.4) is 0 Å². The van der Waals surface area contributed by atoms with Crippen molar-refractivity contribution >= 4 is 12.2 Å². The van der Waals surface area contributed by atoms with Gasteiger partial charge >= 0.3 is 0 Å². The van der Waals surface area contributed by atoms with Gasteiger partial charge in [-0.25, -0.2) is 13.5 Å². The zero-order valence-corrected chi connectivity index (χ0v) is 27.2. The summed E-state index contributed by atoms with van der Waals surface area (Å²) in [6.45, 7) is 8.30. The van der Waals surface area contributed by atoms with Crippen LogP contribution in [-0.4, -0.2) is 91.9 Å². The van der Waals surface area contributed by atoms with Crippen molar-refractivity contribution in [2.45, 2.75) is 52.0 Å². The lowest BCUT2D eigenvalue weighted by Crippen LogP contribution is -2.33. The zero-order valence-electron chi connectivity index (χ0n) is 27.2. The number of rotatable bonds is 10. The molecule has 2 aliphatic rings. The van der Waals surface area contributed by atoms with Crippen LogP contribution < -0.4 is 15.4 Å². The average Bonchev–Trinajstić information content (AvgIpc) is 3.65. The molecule has 3 aromatic rings. The van der Waals surface area contributed by atoms with Crippen molar-refractivity contribution in [1.29, 1.82) is 0 Å². The van der Waals surface area contributed by atoms with E-state index >= 15 is 0 Å². The highest BCUT2D eigenvalue weighted by Crippen LogP contribution is 2.29. The second-order valence-electron chi connectivity index (χ2n) is 11.1. The van der Waals surface area contributed by atoms with Crippen molar-refractivity contribution in [3.05, 3.63) is 71.8 Å². The van der Waals surface area contributed by atoms with Crippen molar-refractivity contribution < 1.29 is 18.3 Å². The molecule has 2 fully saturated rings. The Morgan fingerprint density at radius 1 is 1.02 bits per heavy atom. The Labute approximate surface area is 268 Å². The summed E-state index contributed by atoms with van der Waals surface area (Å²) in [5, 5.41) is 10.5. The first-order valence-corrected chi connectivity index (χ1v) is 15.6. The van der Waals surface area contributed by atoms with E-state index in [2.05, 4.69) is 78.6 Å². The third-order valence-electron chi connectivity index (χ3n) is 7.83. The van der Waals surface area contributed by atoms with Crippen LogP contribution >= 0.6 is 0 Å². The first-order chi connectivity index (χ1) is 21.8. The molecule has 10 heteroatoms. The Bertz CT molecular complexity index is 1230. The number of ether oxygens (including phenoxy) is 1. The van der Waals surface area contributed by atoms with Crippen LogP contribution in [0.5, 0.6) is 5.88 Å². The van der Waals surface area contributed by atoms with Gasteiger partial charge in [0.25, 0.3) is 6.43 Å². The van der Waals surface area contributed by atoms with Crippen molar-refractivity contribution in [3.63, 3.8) is 0 Å². The van der Waals surface area contributed by atoms with Crippen LogP contribution in [0.4, 0.5) is 14.6 Å². The molecule has 2 aliphatic heterocycles. The number of carbonyl (C=O) groups excluding carboxylic acids is 1. The van der Waals surface area contributed by atoms with Crippen molar-refractivity contribution in [2.24, 2.45) is 5.92 Å². The number of piperidine rings is 1. The highest BCUT2D eigenvalue weighted by Gasteiger charge is 2.24. The number of aryl methyl sites for hydroxylation is 1. The molecule has 2 aromatic carbocycles. The minimum Gasteiger partial charge on any atom is -0.476 e. The number of alkyl halides is 2. The molecule has 246 valence electrons. The number of hydrogen-bond donors (Lipinski definition) is 2. The Morgan fingerprint density at radius 3 is 2.18 bits per heavy atom. The number of nitrogens with one attached hydrogen (secondary N) is 2. The Morgan fingerprint density at radius 2 is 1.64 bits per heavy atom. The summed E-state index contributed by atoms with van der Waals surface area (Å²) in [4.78, 5) is 14.1. The lowest BCUT2D eigenvalue weighted by molar-refractivity contribution is -0.110. The van der Waals surface area contributed by atoms with Gasteiger partial charge < -0.3 is 20.3 Å². The molecule has 0 radical (unpaired) electrons. The van der Waals surface area contributed by atoms with E-state index in [1.807, 2.05) is 48.1 Å². The first kappa shape index (κ1) is 37.2. The van der Waals surface area contributed by atoms with Crippen LogP contribution in [0.2, 0.25) is 0 Å². The predicted molar refractivity (Wildman–Crippen MR) is 179 cm³/mol. The van der Waals surface area contributed by atoms with Crippen molar-refractivity contribution in [3.8, 4) is 24.4 Å². The van der Waals surface area contributed by atoms with E-state index < -0.39 is 6.43 Å². The SMILES string of the molecule is C#C.CCc1ccccc1.CNc1c(C)c(OCC2CCN(C)CC2)nn1-c1ccccc1.O=CNC1CCN(CC(F)F)C1. The third-order valence-corrected chi connectivity index (χ3v) is 7.83. The van der Waals surface area contributed by atoms with Crippen molar-refractivity contribution in [2.75, 3.05) is 58.7 Å². The van der Waals surface area contributed by atoms with Gasteiger partial charge in [0.05, 0.1) is 24.4 Å². The molecule has 0 spiro atoms. The number of para-hydroxylation sites is 1. The second-order valence-corrected chi connectivity index (χ2v) is 11.1. The molecule has 0 bridgehead atoms. The number of amides is 1. The number of aromatic nitrogens is 2. The molecule has 45 heavy (non-hydrogen) atoms. The van der Waals surface area contributed by atoms with Gasteiger partial charge in [-0.3, -0.25) is 9.69 Å². The Hall–Kier alpha value is -3.94. The standard InChI is InChI=1S/C18H26N4O.C8H10.C7H12F2N2O.C2H2/c1-14-17(19-2)22(16-7-5-4-6-8-16)20-18(14)23-13-15-9-11-21(3)12-10-15;1-2-8-6-4-3-5-7-8;8-7(9)4-11-2-1-6(3-11)10-5-12;1-2/h4-8,15,19H,9-13H2,1-3H3;3-7H,2H2,1H3;5-7H,1-4H2,(H,10,12);1-2H. The fourth-order valence-electron chi connectivity index (χ4n) is 5.23. The summed E-state index contributed by atoms with van der Waals surface area (Å²) in [6.07, 6.45) is 10.7. The number of halogens is 2. The molecule has 0 saturated carbocycles. The average molecular weight is 625 g/mol. The molecule has 1 atom stereocenters. The van der Waals surface area contributed by atoms with Crippen LogP contribution in [0.25, 0.3) is 5.69 Å². The fraction of sp³-hybridized carbons (Fsp3) is 0.486. The largest absolute Gasteiger partial charge is 0.476 e. The van der Waals surface area contributed by atoms with E-state index in [0.29, 0.717) is 25.4 Å². The molecular formula is C35H50F2N6O2. The van der Waals surface area contributed by atoms with Gasteiger partial charge in [-0.15, -0.1) is 17.9 Å². The maximum atomic E-state index is 11.9. The molecule has 3 heterocycles. The van der Waals surface area contributed by atoms with Crippen LogP contribution in [0.1, 0.15) is 37.3 Å². The normalized spacial score (nSPS) is 16.7. The topological polar surface area (TPSA) is 74.7 Å². The lowest BCUT2D eigenvalue weighted by atomic mass is 9.98. The first-order valence-electron chi connectivity index (χ1n) is 15.6. The smallest absolute Gasteiger partial charge is 0.251 e. The quantitative estimate of drug-likeness (QED) is 0.229. The van der Waals surface area contributed by atoms with Gasteiger partial charge in [-0.05, 0) is 76.4 Å². The van der Waals surface area contributed by atoms with Crippen LogP contribution in [0.15, 0.2) is 60.7 Å². The fourth-order valence-corrected chi connectivity index (χ4v) is 5.23.